The summed E-state index contributed by atoms with van der Waals surface area (Å²) in [6.07, 6.45) is -1.83. The molecule has 2 aromatic carbocycles. The van der Waals surface area contributed by atoms with Gasteiger partial charge in [0.05, 0.1) is 23.7 Å². The molecule has 7 heteroatoms. The van der Waals surface area contributed by atoms with E-state index in [1.54, 1.807) is 24.3 Å². The summed E-state index contributed by atoms with van der Waals surface area (Å²) < 4.78 is 52.2. The Kier molecular flexibility index (Phi) is 5.95. The van der Waals surface area contributed by atoms with Gasteiger partial charge in [-0.3, -0.25) is 0 Å². The largest absolute Gasteiger partial charge is 0.348 e. The predicted octanol–water partition coefficient (Wildman–Crippen LogP) is 4.43. The fourth-order valence-corrected chi connectivity index (χ4v) is 7.77. The maximum absolute atomic E-state index is 14.3. The molecule has 1 saturated carbocycles. The second-order valence-corrected chi connectivity index (χ2v) is 11.6. The normalized spacial score (nSPS) is 34.2. The van der Waals surface area contributed by atoms with Gasteiger partial charge in [-0.15, -0.1) is 0 Å². The lowest BCUT2D eigenvalue weighted by molar-refractivity contribution is -0.340. The van der Waals surface area contributed by atoms with Crippen molar-refractivity contribution in [3.05, 3.63) is 78.4 Å². The molecule has 0 radical (unpaired) electrons. The minimum atomic E-state index is -3.85. The Morgan fingerprint density at radius 1 is 1.03 bits per heavy atom. The summed E-state index contributed by atoms with van der Waals surface area (Å²) in [7, 11) is -3.85. The van der Waals surface area contributed by atoms with Crippen LogP contribution in [0.5, 0.6) is 0 Å². The molecular formula is C26H30O6S. The summed E-state index contributed by atoms with van der Waals surface area (Å²) in [5, 5.41) is 0. The lowest BCUT2D eigenvalue weighted by Gasteiger charge is -2.53. The van der Waals surface area contributed by atoms with Gasteiger partial charge < -0.3 is 18.9 Å². The number of fused-ring (bicyclic) bond motifs is 3. The van der Waals surface area contributed by atoms with Gasteiger partial charge in [-0.1, -0.05) is 60.7 Å². The smallest absolute Gasteiger partial charge is 0.189 e. The summed E-state index contributed by atoms with van der Waals surface area (Å²) in [5.41, 5.74) is 1.76. The van der Waals surface area contributed by atoms with E-state index in [4.69, 9.17) is 18.9 Å². The number of benzene rings is 2. The first-order valence-corrected chi connectivity index (χ1v) is 12.9. The molecule has 2 saturated heterocycles. The number of rotatable bonds is 5. The van der Waals surface area contributed by atoms with Crippen LogP contribution in [-0.2, 0) is 28.8 Å². The van der Waals surface area contributed by atoms with Crippen LogP contribution < -0.4 is 0 Å². The third kappa shape index (κ3) is 3.76. The van der Waals surface area contributed by atoms with Crippen molar-refractivity contribution in [2.45, 2.75) is 67.2 Å². The molecule has 5 rings (SSSR count). The highest BCUT2D eigenvalue weighted by atomic mass is 32.2. The summed E-state index contributed by atoms with van der Waals surface area (Å²) in [6.45, 7) is 8.27. The van der Waals surface area contributed by atoms with Crippen molar-refractivity contribution < 1.29 is 27.4 Å². The van der Waals surface area contributed by atoms with Crippen molar-refractivity contribution in [2.24, 2.45) is 5.92 Å². The zero-order valence-electron chi connectivity index (χ0n) is 18.9. The molecule has 3 fully saturated rings. The van der Waals surface area contributed by atoms with Crippen LogP contribution in [0.15, 0.2) is 77.7 Å². The van der Waals surface area contributed by atoms with E-state index in [1.165, 1.54) is 0 Å². The maximum atomic E-state index is 14.3. The van der Waals surface area contributed by atoms with E-state index in [1.807, 2.05) is 50.2 Å². The molecule has 6 nitrogen and oxygen atoms in total. The number of hydrogen-bond acceptors (Lipinski definition) is 6. The van der Waals surface area contributed by atoms with Crippen molar-refractivity contribution in [1.29, 1.82) is 0 Å². The minimum absolute atomic E-state index is 0.216. The molecule has 2 aromatic rings. The summed E-state index contributed by atoms with van der Waals surface area (Å²) in [5.74, 6) is -0.368. The molecule has 2 aliphatic heterocycles. The van der Waals surface area contributed by atoms with E-state index in [-0.39, 0.29) is 23.3 Å². The highest BCUT2D eigenvalue weighted by Crippen LogP contribution is 2.56. The van der Waals surface area contributed by atoms with E-state index >= 15 is 0 Å². The van der Waals surface area contributed by atoms with Gasteiger partial charge in [-0.25, -0.2) is 8.42 Å². The van der Waals surface area contributed by atoms with Crippen LogP contribution in [0.3, 0.4) is 0 Å². The Morgan fingerprint density at radius 2 is 1.70 bits per heavy atom. The van der Waals surface area contributed by atoms with Gasteiger partial charge in [0.25, 0.3) is 0 Å². The van der Waals surface area contributed by atoms with Crippen LogP contribution in [0.4, 0.5) is 0 Å². The lowest BCUT2D eigenvalue weighted by Crippen LogP contribution is -2.67. The fraction of sp³-hybridized carbons (Fsp3) is 0.462. The first kappa shape index (κ1) is 22.7. The summed E-state index contributed by atoms with van der Waals surface area (Å²) >= 11 is 0. The average Bonchev–Trinajstić information content (AvgIpc) is 3.19. The second kappa shape index (κ2) is 8.64. The molecule has 0 unspecified atom stereocenters. The van der Waals surface area contributed by atoms with Crippen molar-refractivity contribution in [2.75, 3.05) is 6.61 Å². The predicted molar refractivity (Wildman–Crippen MR) is 123 cm³/mol. The van der Waals surface area contributed by atoms with Crippen molar-refractivity contribution in [3.63, 3.8) is 0 Å². The van der Waals surface area contributed by atoms with Crippen LogP contribution in [0.1, 0.15) is 38.5 Å². The highest BCUT2D eigenvalue weighted by molar-refractivity contribution is 7.93. The molecule has 0 amide bonds. The molecular weight excluding hydrogens is 440 g/mol. The van der Waals surface area contributed by atoms with Crippen LogP contribution in [0, 0.1) is 5.92 Å². The average molecular weight is 471 g/mol. The monoisotopic (exact) mass is 470 g/mol. The molecule has 2 heterocycles. The van der Waals surface area contributed by atoms with Gasteiger partial charge in [-0.2, -0.15) is 0 Å². The number of allylic oxidation sites excluding steroid dienone is 1. The zero-order valence-corrected chi connectivity index (χ0v) is 19.7. The quantitative estimate of drug-likeness (QED) is 0.602. The van der Waals surface area contributed by atoms with E-state index < -0.39 is 39.4 Å². The Hall–Kier alpha value is -2.03. The molecule has 0 spiro atoms. The minimum Gasteiger partial charge on any atom is -0.348 e. The molecule has 3 aliphatic rings. The van der Waals surface area contributed by atoms with Crippen molar-refractivity contribution >= 4 is 9.84 Å². The van der Waals surface area contributed by atoms with Crippen molar-refractivity contribution in [3.8, 4) is 0 Å². The van der Waals surface area contributed by atoms with Gasteiger partial charge in [0, 0.05) is 11.5 Å². The van der Waals surface area contributed by atoms with Crippen LogP contribution in [0.2, 0.25) is 0 Å². The van der Waals surface area contributed by atoms with Crippen molar-refractivity contribution in [1.82, 2.24) is 0 Å². The lowest BCUT2D eigenvalue weighted by atomic mass is 9.83. The van der Waals surface area contributed by atoms with E-state index in [0.717, 1.165) is 11.1 Å². The molecule has 33 heavy (non-hydrogen) atoms. The molecule has 176 valence electrons. The van der Waals surface area contributed by atoms with E-state index in [0.29, 0.717) is 13.0 Å². The maximum Gasteiger partial charge on any atom is 0.189 e. The van der Waals surface area contributed by atoms with Crippen LogP contribution in [0.25, 0.3) is 0 Å². The van der Waals surface area contributed by atoms with Gasteiger partial charge >= 0.3 is 0 Å². The van der Waals surface area contributed by atoms with E-state index in [2.05, 4.69) is 6.58 Å². The molecule has 0 bridgehead atoms. The summed E-state index contributed by atoms with van der Waals surface area (Å²) in [6, 6.07) is 18.2. The second-order valence-electron chi connectivity index (χ2n) is 9.38. The Morgan fingerprint density at radius 3 is 2.36 bits per heavy atom. The highest BCUT2D eigenvalue weighted by Gasteiger charge is 2.68. The SMILES string of the molecule is C=C1C[C@H]2[C@@H]3O[C@H](c4ccccc4)OC[C@H]3O[C@H](OC(C)C)[C@@]2(S(=O)(=O)c2ccccc2)C1. The van der Waals surface area contributed by atoms with Gasteiger partial charge in [0.2, 0.25) is 0 Å². The first-order chi connectivity index (χ1) is 15.8. The molecule has 0 N–H and O–H groups in total. The number of sulfone groups is 1. The van der Waals surface area contributed by atoms with Gasteiger partial charge in [-0.05, 0) is 38.8 Å². The zero-order chi connectivity index (χ0) is 23.2. The van der Waals surface area contributed by atoms with Crippen LogP contribution >= 0.6 is 0 Å². The topological polar surface area (TPSA) is 71.1 Å². The molecule has 1 aliphatic carbocycles. The van der Waals surface area contributed by atoms with E-state index in [9.17, 15) is 8.42 Å². The molecule has 0 aromatic heterocycles. The summed E-state index contributed by atoms with van der Waals surface area (Å²) in [4.78, 5) is 0.260. The Labute approximate surface area is 195 Å². The first-order valence-electron chi connectivity index (χ1n) is 11.4. The third-order valence-corrected chi connectivity index (χ3v) is 9.37. The standard InChI is InChI=1S/C26H30O6S/c1-17(2)30-25-26(33(27,28)20-12-8-5-9-13-20)15-18(3)14-21(26)23-22(31-25)16-29-24(32-23)19-10-6-4-7-11-19/h4-13,17,21-25H,3,14-16H2,1-2H3/t21-,22+,23-,24+,25-,26+/m0/s1. The van der Waals surface area contributed by atoms with Gasteiger partial charge in [0.1, 0.15) is 10.9 Å². The van der Waals surface area contributed by atoms with Crippen LogP contribution in [-0.4, -0.2) is 44.4 Å². The Bertz CT molecular complexity index is 1100. The van der Waals surface area contributed by atoms with Gasteiger partial charge in [0.15, 0.2) is 22.4 Å². The third-order valence-electron chi connectivity index (χ3n) is 6.84. The molecule has 6 atom stereocenters. The number of ether oxygens (including phenoxy) is 4. The fourth-order valence-electron chi connectivity index (χ4n) is 5.44. The Balaban J connectivity index is 1.59. The number of hydrogen-bond donors (Lipinski definition) is 0.